The van der Waals surface area contributed by atoms with Crippen molar-refractivity contribution in [2.24, 2.45) is 0 Å². The summed E-state index contributed by atoms with van der Waals surface area (Å²) in [5.41, 5.74) is 0. The van der Waals surface area contributed by atoms with Crippen molar-refractivity contribution in [3.63, 3.8) is 0 Å². The molecule has 1 aliphatic rings. The van der Waals surface area contributed by atoms with Gasteiger partial charge in [-0.2, -0.15) is 0 Å². The second kappa shape index (κ2) is 5.75. The fraction of sp³-hybridized carbons (Fsp3) is 0.500. The van der Waals surface area contributed by atoms with Crippen LogP contribution in [0.5, 0.6) is 0 Å². The Balaban J connectivity index is 1.93. The molecule has 106 valence electrons. The number of hydrogen-bond acceptors (Lipinski definition) is 6. The zero-order valence-electron chi connectivity index (χ0n) is 11.4. The predicted octanol–water partition coefficient (Wildman–Crippen LogP) is 2.61. The number of ether oxygens (including phenoxy) is 1. The highest BCUT2D eigenvalue weighted by atomic mass is 32.1. The van der Waals surface area contributed by atoms with Gasteiger partial charge in [-0.3, -0.25) is 4.79 Å². The van der Waals surface area contributed by atoms with Crippen LogP contribution in [0.1, 0.15) is 25.7 Å². The molecule has 1 unspecified atom stereocenters. The monoisotopic (exact) mass is 291 g/mol. The van der Waals surface area contributed by atoms with E-state index >= 15 is 0 Å². The highest BCUT2D eigenvalue weighted by Crippen LogP contribution is 2.32. The molecule has 6 heteroatoms. The lowest BCUT2D eigenvalue weighted by atomic mass is 9.99. The molecule has 0 amide bonds. The lowest BCUT2D eigenvalue weighted by molar-refractivity contribution is -0.141. The third kappa shape index (κ3) is 2.47. The summed E-state index contributed by atoms with van der Waals surface area (Å²) in [5, 5.41) is 3.11. The molecule has 1 atom stereocenters. The number of piperidine rings is 1. The van der Waals surface area contributed by atoms with Crippen molar-refractivity contribution in [1.82, 2.24) is 9.97 Å². The summed E-state index contributed by atoms with van der Waals surface area (Å²) in [6, 6.07) is 2.23. The van der Waals surface area contributed by atoms with Crippen LogP contribution >= 0.6 is 11.3 Å². The largest absolute Gasteiger partial charge is 0.469 e. The number of carbonyl (C=O) groups excluding carboxylic acids is 1. The van der Waals surface area contributed by atoms with E-state index in [-0.39, 0.29) is 12.0 Å². The molecule has 0 N–H and O–H groups in total. The first-order chi connectivity index (χ1) is 9.79. The lowest BCUT2D eigenvalue weighted by Gasteiger charge is -2.36. The Kier molecular flexibility index (Phi) is 3.82. The molecule has 0 saturated carbocycles. The lowest BCUT2D eigenvalue weighted by Crippen LogP contribution is -2.41. The summed E-state index contributed by atoms with van der Waals surface area (Å²) in [6.07, 6.45) is 5.32. The Hall–Kier alpha value is -1.69. The van der Waals surface area contributed by atoms with E-state index in [0.29, 0.717) is 6.42 Å². The van der Waals surface area contributed by atoms with Gasteiger partial charge in [-0.15, -0.1) is 11.3 Å². The summed E-state index contributed by atoms with van der Waals surface area (Å²) in [4.78, 5) is 23.6. The molecule has 0 bridgehead atoms. The van der Waals surface area contributed by atoms with Crippen molar-refractivity contribution in [3.8, 4) is 0 Å². The number of nitrogens with zero attached hydrogens (tertiary/aromatic N) is 3. The standard InChI is InChI=1S/C14H17N3O2S/c1-19-12(18)8-10-4-2-3-6-17(10)13-11-5-7-20-14(11)16-9-15-13/h5,7,9-10H,2-4,6,8H2,1H3. The minimum absolute atomic E-state index is 0.155. The summed E-state index contributed by atoms with van der Waals surface area (Å²) >= 11 is 1.62. The molecule has 0 radical (unpaired) electrons. The average molecular weight is 291 g/mol. The molecular formula is C14H17N3O2S. The maximum Gasteiger partial charge on any atom is 0.307 e. The Bertz CT molecular complexity index is 613. The molecule has 1 aliphatic heterocycles. The Morgan fingerprint density at radius 3 is 3.25 bits per heavy atom. The third-order valence-electron chi connectivity index (χ3n) is 3.77. The zero-order valence-corrected chi connectivity index (χ0v) is 12.2. The van der Waals surface area contributed by atoms with Crippen molar-refractivity contribution >= 4 is 33.3 Å². The Morgan fingerprint density at radius 2 is 2.40 bits per heavy atom. The van der Waals surface area contributed by atoms with Gasteiger partial charge < -0.3 is 9.64 Å². The summed E-state index contributed by atoms with van der Waals surface area (Å²) in [7, 11) is 1.44. The van der Waals surface area contributed by atoms with Gasteiger partial charge >= 0.3 is 5.97 Å². The van der Waals surface area contributed by atoms with Crippen LogP contribution in [0, 0.1) is 0 Å². The molecule has 2 aromatic heterocycles. The third-order valence-corrected chi connectivity index (χ3v) is 4.59. The van der Waals surface area contributed by atoms with Crippen LogP contribution < -0.4 is 4.90 Å². The number of methoxy groups -OCH3 is 1. The summed E-state index contributed by atoms with van der Waals surface area (Å²) in [6.45, 7) is 0.934. The van der Waals surface area contributed by atoms with Crippen molar-refractivity contribution in [2.45, 2.75) is 31.7 Å². The first kappa shape index (κ1) is 13.3. The number of esters is 1. The predicted molar refractivity (Wildman–Crippen MR) is 79.0 cm³/mol. The number of aromatic nitrogens is 2. The van der Waals surface area contributed by atoms with Crippen LogP contribution in [0.4, 0.5) is 5.82 Å². The minimum Gasteiger partial charge on any atom is -0.469 e. The Morgan fingerprint density at radius 1 is 1.50 bits per heavy atom. The smallest absolute Gasteiger partial charge is 0.307 e. The molecule has 2 aromatic rings. The van der Waals surface area contributed by atoms with E-state index < -0.39 is 0 Å². The normalized spacial score (nSPS) is 19.2. The molecular weight excluding hydrogens is 274 g/mol. The molecule has 0 aromatic carbocycles. The second-order valence-corrected chi connectivity index (χ2v) is 5.85. The van der Waals surface area contributed by atoms with Crippen molar-refractivity contribution < 1.29 is 9.53 Å². The minimum atomic E-state index is -0.155. The molecule has 1 fully saturated rings. The maximum atomic E-state index is 11.6. The summed E-state index contributed by atoms with van der Waals surface area (Å²) in [5.74, 6) is 0.794. The van der Waals surface area contributed by atoms with Gasteiger partial charge in [-0.05, 0) is 30.7 Å². The quantitative estimate of drug-likeness (QED) is 0.814. The van der Waals surface area contributed by atoms with Crippen LogP contribution in [0.3, 0.4) is 0 Å². The van der Waals surface area contributed by atoms with E-state index in [1.807, 2.05) is 5.38 Å². The number of anilines is 1. The van der Waals surface area contributed by atoms with Gasteiger partial charge in [-0.1, -0.05) is 0 Å². The molecule has 20 heavy (non-hydrogen) atoms. The van der Waals surface area contributed by atoms with E-state index in [1.165, 1.54) is 7.11 Å². The van der Waals surface area contributed by atoms with E-state index in [4.69, 9.17) is 4.74 Å². The second-order valence-electron chi connectivity index (χ2n) is 4.96. The van der Waals surface area contributed by atoms with Crippen molar-refractivity contribution in [1.29, 1.82) is 0 Å². The van der Waals surface area contributed by atoms with Gasteiger partial charge in [0.15, 0.2) is 0 Å². The first-order valence-electron chi connectivity index (χ1n) is 6.81. The van der Waals surface area contributed by atoms with Crippen LogP contribution in [0.2, 0.25) is 0 Å². The van der Waals surface area contributed by atoms with E-state index in [2.05, 4.69) is 20.9 Å². The van der Waals surface area contributed by atoms with E-state index in [1.54, 1.807) is 17.7 Å². The van der Waals surface area contributed by atoms with Gasteiger partial charge in [0.25, 0.3) is 0 Å². The molecule has 3 rings (SSSR count). The number of thiophene rings is 1. The molecule has 1 saturated heterocycles. The molecule has 0 spiro atoms. The number of carbonyl (C=O) groups is 1. The highest BCUT2D eigenvalue weighted by Gasteiger charge is 2.27. The van der Waals surface area contributed by atoms with Gasteiger partial charge in [0.1, 0.15) is 17.0 Å². The molecule has 5 nitrogen and oxygen atoms in total. The van der Waals surface area contributed by atoms with Crippen LogP contribution in [-0.4, -0.2) is 35.6 Å². The number of fused-ring (bicyclic) bond motifs is 1. The van der Waals surface area contributed by atoms with Crippen LogP contribution in [-0.2, 0) is 9.53 Å². The van der Waals surface area contributed by atoms with Crippen LogP contribution in [0.25, 0.3) is 10.2 Å². The topological polar surface area (TPSA) is 55.3 Å². The van der Waals surface area contributed by atoms with Gasteiger partial charge in [0, 0.05) is 12.6 Å². The van der Waals surface area contributed by atoms with Gasteiger partial charge in [0.2, 0.25) is 0 Å². The van der Waals surface area contributed by atoms with Crippen molar-refractivity contribution in [2.75, 3.05) is 18.6 Å². The molecule has 0 aliphatic carbocycles. The number of hydrogen-bond donors (Lipinski definition) is 0. The fourth-order valence-corrected chi connectivity index (χ4v) is 3.50. The maximum absolute atomic E-state index is 11.6. The van der Waals surface area contributed by atoms with Crippen LogP contribution in [0.15, 0.2) is 17.8 Å². The molecule has 3 heterocycles. The first-order valence-corrected chi connectivity index (χ1v) is 7.69. The van der Waals surface area contributed by atoms with Gasteiger partial charge in [-0.25, -0.2) is 9.97 Å². The Labute approximate surface area is 121 Å². The fourth-order valence-electron chi connectivity index (χ4n) is 2.77. The van der Waals surface area contributed by atoms with E-state index in [0.717, 1.165) is 41.8 Å². The van der Waals surface area contributed by atoms with E-state index in [9.17, 15) is 4.79 Å². The zero-order chi connectivity index (χ0) is 13.9. The summed E-state index contributed by atoms with van der Waals surface area (Å²) < 4.78 is 4.81. The SMILES string of the molecule is COC(=O)CC1CCCCN1c1ncnc2sccc12. The van der Waals surface area contributed by atoms with Gasteiger partial charge in [0.05, 0.1) is 18.9 Å². The van der Waals surface area contributed by atoms with Crippen molar-refractivity contribution in [3.05, 3.63) is 17.8 Å². The average Bonchev–Trinajstić information content (AvgIpc) is 2.96. The highest BCUT2D eigenvalue weighted by molar-refractivity contribution is 7.16. The number of rotatable bonds is 3.